The minimum atomic E-state index is -3.37. The van der Waals surface area contributed by atoms with Crippen molar-refractivity contribution in [2.45, 2.75) is 20.3 Å². The van der Waals surface area contributed by atoms with E-state index in [1.165, 1.54) is 6.07 Å². The van der Waals surface area contributed by atoms with Crippen LogP contribution in [0.1, 0.15) is 29.8 Å². The molecule has 0 fully saturated rings. The van der Waals surface area contributed by atoms with Crippen LogP contribution in [0.25, 0.3) is 0 Å². The lowest BCUT2D eigenvalue weighted by atomic mass is 10.1. The van der Waals surface area contributed by atoms with Gasteiger partial charge in [0.25, 0.3) is 5.91 Å². The standard InChI is InChI=1S/C17H20N2O3S/c1-3-13-8-5-6-11-16(13)18-17(20)14-9-7-10-15(12-14)19-23(21,22)4-2/h5-12,19H,3-4H2,1-2H3,(H,18,20). The van der Waals surface area contributed by atoms with E-state index < -0.39 is 10.0 Å². The van der Waals surface area contributed by atoms with Crippen LogP contribution < -0.4 is 10.0 Å². The zero-order chi connectivity index (χ0) is 16.9. The summed E-state index contributed by atoms with van der Waals surface area (Å²) >= 11 is 0. The maximum atomic E-state index is 12.4. The number of benzene rings is 2. The van der Waals surface area contributed by atoms with Crippen molar-refractivity contribution in [3.63, 3.8) is 0 Å². The Morgan fingerprint density at radius 3 is 2.48 bits per heavy atom. The lowest BCUT2D eigenvalue weighted by molar-refractivity contribution is 0.102. The van der Waals surface area contributed by atoms with Crippen molar-refractivity contribution in [1.82, 2.24) is 0 Å². The maximum absolute atomic E-state index is 12.4. The van der Waals surface area contributed by atoms with Gasteiger partial charge in [-0.1, -0.05) is 31.2 Å². The smallest absolute Gasteiger partial charge is 0.255 e. The molecular formula is C17H20N2O3S. The summed E-state index contributed by atoms with van der Waals surface area (Å²) in [7, 11) is -3.37. The fraction of sp³-hybridized carbons (Fsp3) is 0.235. The Labute approximate surface area is 136 Å². The van der Waals surface area contributed by atoms with Gasteiger partial charge >= 0.3 is 0 Å². The Kier molecular flexibility index (Phi) is 5.39. The van der Waals surface area contributed by atoms with E-state index in [0.29, 0.717) is 11.3 Å². The first-order valence-electron chi connectivity index (χ1n) is 7.45. The molecule has 0 aromatic heterocycles. The highest BCUT2D eigenvalue weighted by atomic mass is 32.2. The molecule has 122 valence electrons. The number of carbonyl (C=O) groups is 1. The van der Waals surface area contributed by atoms with Crippen LogP contribution in [0, 0.1) is 0 Å². The van der Waals surface area contributed by atoms with Crippen molar-refractivity contribution >= 4 is 27.3 Å². The molecule has 23 heavy (non-hydrogen) atoms. The van der Waals surface area contributed by atoms with Gasteiger partial charge in [0.05, 0.1) is 5.75 Å². The van der Waals surface area contributed by atoms with Crippen LogP contribution in [-0.2, 0) is 16.4 Å². The monoisotopic (exact) mass is 332 g/mol. The molecule has 0 radical (unpaired) electrons. The second kappa shape index (κ2) is 7.28. The molecule has 0 bridgehead atoms. The Balaban J connectivity index is 2.20. The molecule has 2 aromatic carbocycles. The molecule has 2 aromatic rings. The molecule has 5 nitrogen and oxygen atoms in total. The van der Waals surface area contributed by atoms with Gasteiger partial charge in [0, 0.05) is 16.9 Å². The molecule has 0 aliphatic carbocycles. The third-order valence-electron chi connectivity index (χ3n) is 3.42. The number of anilines is 2. The lowest BCUT2D eigenvalue weighted by Gasteiger charge is -2.11. The number of amides is 1. The van der Waals surface area contributed by atoms with E-state index in [1.54, 1.807) is 25.1 Å². The Morgan fingerprint density at radius 2 is 1.78 bits per heavy atom. The molecule has 0 unspecified atom stereocenters. The number of rotatable bonds is 6. The van der Waals surface area contributed by atoms with E-state index in [1.807, 2.05) is 31.2 Å². The van der Waals surface area contributed by atoms with Crippen molar-refractivity contribution < 1.29 is 13.2 Å². The normalized spacial score (nSPS) is 11.0. The molecule has 0 aliphatic heterocycles. The highest BCUT2D eigenvalue weighted by molar-refractivity contribution is 7.92. The van der Waals surface area contributed by atoms with Gasteiger partial charge in [-0.25, -0.2) is 8.42 Å². The summed E-state index contributed by atoms with van der Waals surface area (Å²) in [5, 5.41) is 2.87. The molecular weight excluding hydrogens is 312 g/mol. The maximum Gasteiger partial charge on any atom is 0.255 e. The van der Waals surface area contributed by atoms with Gasteiger partial charge in [-0.05, 0) is 43.2 Å². The largest absolute Gasteiger partial charge is 0.322 e. The van der Waals surface area contributed by atoms with Crippen LogP contribution in [0.2, 0.25) is 0 Å². The molecule has 1 amide bonds. The summed E-state index contributed by atoms with van der Waals surface area (Å²) < 4.78 is 25.7. The molecule has 2 rings (SSSR count). The van der Waals surface area contributed by atoms with E-state index >= 15 is 0 Å². The van der Waals surface area contributed by atoms with Gasteiger partial charge in [0.1, 0.15) is 0 Å². The molecule has 0 saturated heterocycles. The van der Waals surface area contributed by atoms with Crippen LogP contribution in [-0.4, -0.2) is 20.1 Å². The molecule has 0 aliphatic rings. The minimum absolute atomic E-state index is 0.0205. The van der Waals surface area contributed by atoms with Crippen molar-refractivity contribution in [3.8, 4) is 0 Å². The predicted octanol–water partition coefficient (Wildman–Crippen LogP) is 3.26. The zero-order valence-corrected chi connectivity index (χ0v) is 14.0. The van der Waals surface area contributed by atoms with Crippen LogP contribution in [0.5, 0.6) is 0 Å². The van der Waals surface area contributed by atoms with Gasteiger partial charge in [-0.3, -0.25) is 9.52 Å². The number of aryl methyl sites for hydroxylation is 1. The average molecular weight is 332 g/mol. The summed E-state index contributed by atoms with van der Waals surface area (Å²) in [4.78, 5) is 12.4. The average Bonchev–Trinajstić information content (AvgIpc) is 2.55. The molecule has 2 N–H and O–H groups in total. The second-order valence-corrected chi connectivity index (χ2v) is 7.06. The Hall–Kier alpha value is -2.34. The van der Waals surface area contributed by atoms with Gasteiger partial charge in [0.15, 0.2) is 0 Å². The van der Waals surface area contributed by atoms with Gasteiger partial charge in [0.2, 0.25) is 10.0 Å². The highest BCUT2D eigenvalue weighted by Crippen LogP contribution is 2.18. The molecule has 0 heterocycles. The number of para-hydroxylation sites is 1. The summed E-state index contributed by atoms with van der Waals surface area (Å²) in [5.41, 5.74) is 2.58. The quantitative estimate of drug-likeness (QED) is 0.852. The second-order valence-electron chi connectivity index (χ2n) is 5.05. The number of carbonyl (C=O) groups excluding carboxylic acids is 1. The van der Waals surface area contributed by atoms with Crippen molar-refractivity contribution in [2.24, 2.45) is 0 Å². The van der Waals surface area contributed by atoms with Crippen LogP contribution in [0.15, 0.2) is 48.5 Å². The lowest BCUT2D eigenvalue weighted by Crippen LogP contribution is -2.16. The summed E-state index contributed by atoms with van der Waals surface area (Å²) in [5.74, 6) is -0.295. The van der Waals surface area contributed by atoms with Gasteiger partial charge < -0.3 is 5.32 Å². The first kappa shape index (κ1) is 17.0. The van der Waals surface area contributed by atoms with E-state index in [0.717, 1.165) is 17.7 Å². The fourth-order valence-electron chi connectivity index (χ4n) is 2.12. The highest BCUT2D eigenvalue weighted by Gasteiger charge is 2.11. The number of hydrogen-bond acceptors (Lipinski definition) is 3. The van der Waals surface area contributed by atoms with Gasteiger partial charge in [-0.15, -0.1) is 0 Å². The first-order chi connectivity index (χ1) is 10.9. The van der Waals surface area contributed by atoms with E-state index in [2.05, 4.69) is 10.0 Å². The Morgan fingerprint density at radius 1 is 1.04 bits per heavy atom. The number of sulfonamides is 1. The topological polar surface area (TPSA) is 75.3 Å². The van der Waals surface area contributed by atoms with Gasteiger partial charge in [-0.2, -0.15) is 0 Å². The molecule has 0 spiro atoms. The van der Waals surface area contributed by atoms with Crippen molar-refractivity contribution in [3.05, 3.63) is 59.7 Å². The predicted molar refractivity (Wildman–Crippen MR) is 93.3 cm³/mol. The summed E-state index contributed by atoms with van der Waals surface area (Å²) in [6.45, 7) is 3.58. The third-order valence-corrected chi connectivity index (χ3v) is 4.73. The fourth-order valence-corrected chi connectivity index (χ4v) is 2.75. The van der Waals surface area contributed by atoms with Crippen molar-refractivity contribution in [2.75, 3.05) is 15.8 Å². The van der Waals surface area contributed by atoms with E-state index in [4.69, 9.17) is 0 Å². The third kappa shape index (κ3) is 4.56. The molecule has 6 heteroatoms. The van der Waals surface area contributed by atoms with Crippen LogP contribution in [0.3, 0.4) is 0 Å². The minimum Gasteiger partial charge on any atom is -0.322 e. The molecule has 0 saturated carbocycles. The van der Waals surface area contributed by atoms with Crippen LogP contribution >= 0.6 is 0 Å². The number of hydrogen-bond donors (Lipinski definition) is 2. The molecule has 0 atom stereocenters. The van der Waals surface area contributed by atoms with Crippen LogP contribution in [0.4, 0.5) is 11.4 Å². The summed E-state index contributed by atoms with van der Waals surface area (Å²) in [6.07, 6.45) is 0.812. The SMILES string of the molecule is CCc1ccccc1NC(=O)c1cccc(NS(=O)(=O)CC)c1. The Bertz CT molecular complexity index is 801. The zero-order valence-electron chi connectivity index (χ0n) is 13.2. The first-order valence-corrected chi connectivity index (χ1v) is 9.10. The van der Waals surface area contributed by atoms with E-state index in [9.17, 15) is 13.2 Å². The summed E-state index contributed by atoms with van der Waals surface area (Å²) in [6, 6.07) is 14.0. The van der Waals surface area contributed by atoms with E-state index in [-0.39, 0.29) is 11.7 Å². The number of nitrogens with one attached hydrogen (secondary N) is 2. The van der Waals surface area contributed by atoms with Crippen molar-refractivity contribution in [1.29, 1.82) is 0 Å².